The van der Waals surface area contributed by atoms with Gasteiger partial charge >= 0.3 is 0 Å². The first kappa shape index (κ1) is 10.9. The van der Waals surface area contributed by atoms with Crippen molar-refractivity contribution in [3.8, 4) is 0 Å². The summed E-state index contributed by atoms with van der Waals surface area (Å²) in [6.07, 6.45) is 5.20. The van der Waals surface area contributed by atoms with E-state index in [1.165, 1.54) is 0 Å². The van der Waals surface area contributed by atoms with Crippen LogP contribution >= 0.6 is 0 Å². The van der Waals surface area contributed by atoms with Gasteiger partial charge in [-0.15, -0.1) is 10.2 Å². The number of primary amides is 1. The average Bonchev–Trinajstić information content (AvgIpc) is 2.96. The number of hydrogen-bond donors (Lipinski definition) is 1. The average molecular weight is 246 g/mol. The fourth-order valence-electron chi connectivity index (χ4n) is 2.45. The first-order valence-corrected chi connectivity index (χ1v) is 5.91. The van der Waals surface area contributed by atoms with Gasteiger partial charge in [0.15, 0.2) is 5.82 Å². The van der Waals surface area contributed by atoms with E-state index in [-0.39, 0.29) is 11.9 Å². The van der Waals surface area contributed by atoms with Gasteiger partial charge in [-0.05, 0) is 19.8 Å². The molecule has 0 radical (unpaired) electrons. The molecule has 0 aromatic carbocycles. The summed E-state index contributed by atoms with van der Waals surface area (Å²) >= 11 is 0. The Labute approximate surface area is 104 Å². The third kappa shape index (κ3) is 1.51. The van der Waals surface area contributed by atoms with Gasteiger partial charge in [-0.1, -0.05) is 0 Å². The predicted octanol–water partition coefficient (Wildman–Crippen LogP) is -0.113. The number of nitrogens with zero attached hydrogens (tertiary/aromatic N) is 5. The predicted molar refractivity (Wildman–Crippen MR) is 65.1 cm³/mol. The molecule has 1 amide bonds. The van der Waals surface area contributed by atoms with Crippen molar-refractivity contribution in [2.75, 3.05) is 11.4 Å². The molecule has 94 valence electrons. The Kier molecular flexibility index (Phi) is 2.39. The first-order valence-electron chi connectivity index (χ1n) is 5.91. The van der Waals surface area contributed by atoms with E-state index in [9.17, 15) is 4.79 Å². The van der Waals surface area contributed by atoms with E-state index < -0.39 is 0 Å². The molecule has 1 saturated heterocycles. The van der Waals surface area contributed by atoms with Crippen LogP contribution in [0.3, 0.4) is 0 Å². The number of hydrogen-bond acceptors (Lipinski definition) is 5. The minimum Gasteiger partial charge on any atom is -0.368 e. The van der Waals surface area contributed by atoms with E-state index >= 15 is 0 Å². The summed E-state index contributed by atoms with van der Waals surface area (Å²) in [6.45, 7) is 2.64. The minimum absolute atomic E-state index is 0.291. The molecule has 0 saturated carbocycles. The van der Waals surface area contributed by atoms with Crippen LogP contribution < -0.4 is 10.6 Å². The fourth-order valence-corrected chi connectivity index (χ4v) is 2.45. The van der Waals surface area contributed by atoms with E-state index in [1.807, 2.05) is 22.4 Å². The van der Waals surface area contributed by atoms with E-state index in [1.54, 1.807) is 6.20 Å². The van der Waals surface area contributed by atoms with Crippen molar-refractivity contribution in [1.29, 1.82) is 0 Å². The SMILES string of the molecule is Cc1nnc2c(N3CCCC3C(N)=O)nccn12. The number of aromatic nitrogens is 4. The number of nitrogens with two attached hydrogens (primary N) is 1. The van der Waals surface area contributed by atoms with Crippen molar-refractivity contribution in [3.63, 3.8) is 0 Å². The smallest absolute Gasteiger partial charge is 0.240 e. The zero-order valence-electron chi connectivity index (χ0n) is 10.1. The molecule has 0 aliphatic carbocycles. The Morgan fingerprint density at radius 1 is 1.50 bits per heavy atom. The van der Waals surface area contributed by atoms with Crippen molar-refractivity contribution in [2.24, 2.45) is 5.73 Å². The largest absolute Gasteiger partial charge is 0.368 e. The van der Waals surface area contributed by atoms with E-state index in [2.05, 4.69) is 15.2 Å². The van der Waals surface area contributed by atoms with Crippen LogP contribution in [0.5, 0.6) is 0 Å². The van der Waals surface area contributed by atoms with Crippen LogP contribution in [0.25, 0.3) is 5.65 Å². The van der Waals surface area contributed by atoms with E-state index in [0.29, 0.717) is 11.5 Å². The molecule has 7 nitrogen and oxygen atoms in total. The molecule has 1 unspecified atom stereocenters. The highest BCUT2D eigenvalue weighted by atomic mass is 16.1. The van der Waals surface area contributed by atoms with Gasteiger partial charge in [-0.3, -0.25) is 9.20 Å². The van der Waals surface area contributed by atoms with Crippen LogP contribution in [0.2, 0.25) is 0 Å². The summed E-state index contributed by atoms with van der Waals surface area (Å²) < 4.78 is 1.86. The molecular formula is C11H14N6O. The summed E-state index contributed by atoms with van der Waals surface area (Å²) in [4.78, 5) is 17.7. The highest BCUT2D eigenvalue weighted by Crippen LogP contribution is 2.26. The molecule has 2 aromatic heterocycles. The van der Waals surface area contributed by atoms with Crippen LogP contribution in [0.1, 0.15) is 18.7 Å². The molecule has 3 rings (SSSR count). The lowest BCUT2D eigenvalue weighted by Crippen LogP contribution is -2.41. The Bertz CT molecular complexity index is 607. The molecule has 2 aromatic rings. The zero-order chi connectivity index (χ0) is 12.7. The Hall–Kier alpha value is -2.18. The summed E-state index contributed by atoms with van der Waals surface area (Å²) in [5.41, 5.74) is 6.09. The van der Waals surface area contributed by atoms with Crippen molar-refractivity contribution >= 4 is 17.4 Å². The third-order valence-electron chi connectivity index (χ3n) is 3.33. The number of anilines is 1. The Balaban J connectivity index is 2.11. The topological polar surface area (TPSA) is 89.4 Å². The second-order valence-corrected chi connectivity index (χ2v) is 4.45. The standard InChI is InChI=1S/C11H14N6O/c1-7-14-15-11-10(13-4-6-16(7)11)17-5-2-3-8(17)9(12)18/h4,6,8H,2-3,5H2,1H3,(H2,12,18). The van der Waals surface area contributed by atoms with Crippen LogP contribution in [0.15, 0.2) is 12.4 Å². The van der Waals surface area contributed by atoms with Crippen molar-refractivity contribution < 1.29 is 4.79 Å². The number of amides is 1. The van der Waals surface area contributed by atoms with Gasteiger partial charge in [0.2, 0.25) is 11.6 Å². The maximum atomic E-state index is 11.4. The van der Waals surface area contributed by atoms with Gasteiger partial charge in [0.05, 0.1) is 0 Å². The van der Waals surface area contributed by atoms with Gasteiger partial charge in [0.1, 0.15) is 11.9 Å². The number of fused-ring (bicyclic) bond motifs is 1. The molecule has 3 heterocycles. The van der Waals surface area contributed by atoms with Gasteiger partial charge in [-0.2, -0.15) is 0 Å². The van der Waals surface area contributed by atoms with Gasteiger partial charge in [0.25, 0.3) is 0 Å². The lowest BCUT2D eigenvalue weighted by atomic mass is 10.2. The summed E-state index contributed by atoms with van der Waals surface area (Å²) in [5, 5.41) is 8.14. The first-order chi connectivity index (χ1) is 8.68. The maximum absolute atomic E-state index is 11.4. The van der Waals surface area contributed by atoms with Gasteiger partial charge in [0, 0.05) is 18.9 Å². The van der Waals surface area contributed by atoms with Crippen molar-refractivity contribution in [3.05, 3.63) is 18.2 Å². The van der Waals surface area contributed by atoms with Crippen LogP contribution in [-0.2, 0) is 4.79 Å². The molecule has 1 aliphatic heterocycles. The molecule has 2 N–H and O–H groups in total. The van der Waals surface area contributed by atoms with E-state index in [4.69, 9.17) is 5.73 Å². The summed E-state index contributed by atoms with van der Waals surface area (Å²) in [6, 6.07) is -0.291. The van der Waals surface area contributed by atoms with E-state index in [0.717, 1.165) is 25.2 Å². The highest BCUT2D eigenvalue weighted by Gasteiger charge is 2.31. The molecule has 0 spiro atoms. The van der Waals surface area contributed by atoms with Crippen LogP contribution in [0, 0.1) is 6.92 Å². The summed E-state index contributed by atoms with van der Waals surface area (Å²) in [5.74, 6) is 1.16. The molecule has 18 heavy (non-hydrogen) atoms. The molecule has 1 fully saturated rings. The zero-order valence-corrected chi connectivity index (χ0v) is 10.1. The van der Waals surface area contributed by atoms with Crippen molar-refractivity contribution in [2.45, 2.75) is 25.8 Å². The Morgan fingerprint density at radius 2 is 2.33 bits per heavy atom. The lowest BCUT2D eigenvalue weighted by Gasteiger charge is -2.23. The van der Waals surface area contributed by atoms with Crippen LogP contribution in [-0.4, -0.2) is 38.1 Å². The molecular weight excluding hydrogens is 232 g/mol. The Morgan fingerprint density at radius 3 is 3.11 bits per heavy atom. The molecule has 7 heteroatoms. The fraction of sp³-hybridized carbons (Fsp3) is 0.455. The third-order valence-corrected chi connectivity index (χ3v) is 3.33. The second-order valence-electron chi connectivity index (χ2n) is 4.45. The quantitative estimate of drug-likeness (QED) is 0.798. The minimum atomic E-state index is -0.312. The number of carbonyl (C=O) groups is 1. The monoisotopic (exact) mass is 246 g/mol. The number of aryl methyl sites for hydroxylation is 1. The normalized spacial score (nSPS) is 19.6. The van der Waals surface area contributed by atoms with Crippen LogP contribution in [0.4, 0.5) is 5.82 Å². The van der Waals surface area contributed by atoms with Gasteiger partial charge < -0.3 is 10.6 Å². The number of carbonyl (C=O) groups excluding carboxylic acids is 1. The molecule has 1 aliphatic rings. The highest BCUT2D eigenvalue weighted by molar-refractivity contribution is 5.85. The molecule has 1 atom stereocenters. The molecule has 0 bridgehead atoms. The van der Waals surface area contributed by atoms with Gasteiger partial charge in [-0.25, -0.2) is 4.98 Å². The summed E-state index contributed by atoms with van der Waals surface area (Å²) in [7, 11) is 0. The number of rotatable bonds is 2. The second kappa shape index (κ2) is 3.94. The maximum Gasteiger partial charge on any atom is 0.240 e. The van der Waals surface area contributed by atoms with Crippen molar-refractivity contribution in [1.82, 2.24) is 19.6 Å². The lowest BCUT2D eigenvalue weighted by molar-refractivity contribution is -0.119.